The largest absolute Gasteiger partial charge is 0.280 e. The number of hydrogen-bond acceptors (Lipinski definition) is 2. The average Bonchev–Trinajstić information content (AvgIpc) is 1.85. The van der Waals surface area contributed by atoms with E-state index in [1.165, 1.54) is 0 Å². The summed E-state index contributed by atoms with van der Waals surface area (Å²) in [5, 5.41) is -0.354. The lowest BCUT2D eigenvalue weighted by Gasteiger charge is -1.98. The van der Waals surface area contributed by atoms with E-state index < -0.39 is 12.1 Å². The quantitative estimate of drug-likeness (QED) is 0.513. The summed E-state index contributed by atoms with van der Waals surface area (Å²) in [4.78, 5) is 6.66. The Kier molecular flexibility index (Phi) is 2.57. The number of halogens is 4. The summed E-state index contributed by atoms with van der Waals surface area (Å²) in [5.74, 6) is 0. The van der Waals surface area contributed by atoms with Crippen molar-refractivity contribution in [1.82, 2.24) is 9.97 Å². The third-order valence-electron chi connectivity index (χ3n) is 0.911. The minimum absolute atomic E-state index is 0.0831. The van der Waals surface area contributed by atoms with Crippen molar-refractivity contribution in [2.24, 2.45) is 0 Å². The Morgan fingerprint density at radius 3 is 2.36 bits per heavy atom. The van der Waals surface area contributed by atoms with Crippen LogP contribution in [-0.2, 0) is 0 Å². The average molecular weight is 199 g/mol. The smallest absolute Gasteiger partial charge is 0.217 e. The number of aromatic nitrogens is 2. The Hall–Kier alpha value is -0.480. The molecule has 6 heteroatoms. The van der Waals surface area contributed by atoms with E-state index in [-0.39, 0.29) is 10.4 Å². The third-order valence-corrected chi connectivity index (χ3v) is 1.27. The molecule has 11 heavy (non-hydrogen) atoms. The predicted molar refractivity (Wildman–Crippen MR) is 37.0 cm³/mol. The van der Waals surface area contributed by atoms with Crippen LogP contribution < -0.4 is 0 Å². The molecular formula is C5H2Cl2F2N2. The Morgan fingerprint density at radius 2 is 1.91 bits per heavy atom. The number of nitrogens with zero attached hydrogens (tertiary/aromatic N) is 2. The summed E-state index contributed by atoms with van der Waals surface area (Å²) in [5.41, 5.74) is -0.463. The van der Waals surface area contributed by atoms with Gasteiger partial charge < -0.3 is 0 Å². The van der Waals surface area contributed by atoms with Gasteiger partial charge in [-0.2, -0.15) is 0 Å². The first-order chi connectivity index (χ1) is 5.09. The van der Waals surface area contributed by atoms with Crippen LogP contribution in [0.4, 0.5) is 8.78 Å². The highest BCUT2D eigenvalue weighted by Gasteiger charge is 2.10. The second-order valence-electron chi connectivity index (χ2n) is 1.69. The molecule has 1 heterocycles. The first kappa shape index (κ1) is 8.62. The van der Waals surface area contributed by atoms with Crippen molar-refractivity contribution in [2.45, 2.75) is 6.43 Å². The van der Waals surface area contributed by atoms with Gasteiger partial charge in [0.25, 0.3) is 6.43 Å². The highest BCUT2D eigenvalue weighted by Crippen LogP contribution is 2.20. The van der Waals surface area contributed by atoms with Gasteiger partial charge in [0.2, 0.25) is 5.28 Å². The van der Waals surface area contributed by atoms with Crippen LogP contribution in [0, 0.1) is 0 Å². The fraction of sp³-hybridized carbons (Fsp3) is 0.200. The third kappa shape index (κ3) is 2.24. The molecule has 1 aromatic rings. The van der Waals surface area contributed by atoms with Gasteiger partial charge in [-0.1, -0.05) is 11.6 Å². The van der Waals surface area contributed by atoms with Gasteiger partial charge >= 0.3 is 0 Å². The Labute approximate surface area is 71.2 Å². The first-order valence-corrected chi connectivity index (χ1v) is 3.33. The van der Waals surface area contributed by atoms with Crippen LogP contribution in [-0.4, -0.2) is 9.97 Å². The Bertz CT molecular complexity index is 246. The molecular weight excluding hydrogens is 197 g/mol. The van der Waals surface area contributed by atoms with E-state index in [9.17, 15) is 8.78 Å². The molecule has 0 aliphatic carbocycles. The fourth-order valence-corrected chi connectivity index (χ4v) is 0.942. The minimum Gasteiger partial charge on any atom is -0.217 e. The lowest BCUT2D eigenvalue weighted by atomic mass is 10.4. The van der Waals surface area contributed by atoms with Crippen LogP contribution in [0.2, 0.25) is 10.4 Å². The van der Waals surface area contributed by atoms with Gasteiger partial charge in [0.15, 0.2) is 0 Å². The zero-order valence-corrected chi connectivity index (χ0v) is 6.57. The van der Waals surface area contributed by atoms with E-state index in [2.05, 4.69) is 9.97 Å². The lowest BCUT2D eigenvalue weighted by Crippen LogP contribution is -1.92. The van der Waals surface area contributed by atoms with Crippen molar-refractivity contribution < 1.29 is 8.78 Å². The van der Waals surface area contributed by atoms with Crippen LogP contribution in [0.5, 0.6) is 0 Å². The van der Waals surface area contributed by atoms with Crippen molar-refractivity contribution in [3.63, 3.8) is 0 Å². The van der Waals surface area contributed by atoms with E-state index >= 15 is 0 Å². The first-order valence-electron chi connectivity index (χ1n) is 2.57. The van der Waals surface area contributed by atoms with Gasteiger partial charge in [0.05, 0.1) is 0 Å². The van der Waals surface area contributed by atoms with Gasteiger partial charge in [-0.25, -0.2) is 18.7 Å². The highest BCUT2D eigenvalue weighted by molar-refractivity contribution is 6.31. The molecule has 0 amide bonds. The Morgan fingerprint density at radius 1 is 1.27 bits per heavy atom. The summed E-state index contributed by atoms with van der Waals surface area (Å²) in [6.45, 7) is 0. The van der Waals surface area contributed by atoms with Crippen molar-refractivity contribution in [3.05, 3.63) is 22.2 Å². The summed E-state index contributed by atoms with van der Waals surface area (Å²) in [7, 11) is 0. The van der Waals surface area contributed by atoms with E-state index in [0.717, 1.165) is 6.07 Å². The molecule has 0 fully saturated rings. The molecule has 0 unspecified atom stereocenters. The number of alkyl halides is 2. The van der Waals surface area contributed by atoms with Crippen LogP contribution >= 0.6 is 23.2 Å². The fourth-order valence-electron chi connectivity index (χ4n) is 0.518. The summed E-state index contributed by atoms with van der Waals surface area (Å²) < 4.78 is 23.8. The summed E-state index contributed by atoms with van der Waals surface area (Å²) in [6, 6.07) is 0.970. The van der Waals surface area contributed by atoms with Crippen LogP contribution in [0.15, 0.2) is 6.07 Å². The zero-order chi connectivity index (χ0) is 8.43. The SMILES string of the molecule is FC(F)c1cc(Cl)nc(Cl)n1. The molecule has 0 aliphatic heterocycles. The maximum absolute atomic E-state index is 11.9. The van der Waals surface area contributed by atoms with Crippen molar-refractivity contribution >= 4 is 23.2 Å². The van der Waals surface area contributed by atoms with Crippen LogP contribution in [0.3, 0.4) is 0 Å². The van der Waals surface area contributed by atoms with Crippen molar-refractivity contribution in [2.75, 3.05) is 0 Å². The molecule has 1 aromatic heterocycles. The monoisotopic (exact) mass is 198 g/mol. The summed E-state index contributed by atoms with van der Waals surface area (Å²) >= 11 is 10.6. The minimum atomic E-state index is -2.67. The maximum atomic E-state index is 11.9. The van der Waals surface area contributed by atoms with Gasteiger partial charge in [-0.05, 0) is 11.6 Å². The zero-order valence-electron chi connectivity index (χ0n) is 5.06. The number of hydrogen-bond donors (Lipinski definition) is 0. The van der Waals surface area contributed by atoms with Gasteiger partial charge in [-0.3, -0.25) is 0 Å². The molecule has 0 aromatic carbocycles. The predicted octanol–water partition coefficient (Wildman–Crippen LogP) is 2.72. The molecule has 60 valence electrons. The normalized spacial score (nSPS) is 10.6. The second kappa shape index (κ2) is 3.28. The summed E-state index contributed by atoms with van der Waals surface area (Å²) in [6.07, 6.45) is -2.67. The van der Waals surface area contributed by atoms with Crippen molar-refractivity contribution in [3.8, 4) is 0 Å². The van der Waals surface area contributed by atoms with Crippen LogP contribution in [0.1, 0.15) is 12.1 Å². The van der Waals surface area contributed by atoms with Gasteiger partial charge in [0, 0.05) is 6.07 Å². The molecule has 0 aliphatic rings. The Balaban J connectivity index is 3.08. The molecule has 0 saturated carbocycles. The molecule has 0 saturated heterocycles. The lowest BCUT2D eigenvalue weighted by molar-refractivity contribution is 0.146. The standard InChI is InChI=1S/C5H2Cl2F2N2/c6-3-1-2(4(8)9)10-5(7)11-3/h1,4H. The van der Waals surface area contributed by atoms with E-state index in [4.69, 9.17) is 23.2 Å². The highest BCUT2D eigenvalue weighted by atomic mass is 35.5. The van der Waals surface area contributed by atoms with Gasteiger partial charge in [-0.15, -0.1) is 0 Å². The van der Waals surface area contributed by atoms with E-state index in [1.54, 1.807) is 0 Å². The molecule has 0 N–H and O–H groups in total. The number of rotatable bonds is 1. The molecule has 2 nitrogen and oxygen atoms in total. The molecule has 1 rings (SSSR count). The maximum Gasteiger partial charge on any atom is 0.280 e. The van der Waals surface area contributed by atoms with E-state index in [1.807, 2.05) is 0 Å². The van der Waals surface area contributed by atoms with E-state index in [0.29, 0.717) is 0 Å². The van der Waals surface area contributed by atoms with Crippen LogP contribution in [0.25, 0.3) is 0 Å². The second-order valence-corrected chi connectivity index (χ2v) is 2.41. The van der Waals surface area contributed by atoms with Crippen molar-refractivity contribution in [1.29, 1.82) is 0 Å². The molecule has 0 spiro atoms. The molecule has 0 radical (unpaired) electrons. The van der Waals surface area contributed by atoms with Gasteiger partial charge in [0.1, 0.15) is 10.8 Å². The molecule has 0 atom stereocenters. The molecule has 0 bridgehead atoms. The topological polar surface area (TPSA) is 25.8 Å².